The number of sulfone groups is 1. The van der Waals surface area contributed by atoms with E-state index < -0.39 is 38.6 Å². The Morgan fingerprint density at radius 1 is 1.27 bits per heavy atom. The van der Waals surface area contributed by atoms with E-state index in [-0.39, 0.29) is 18.8 Å². The van der Waals surface area contributed by atoms with Gasteiger partial charge in [-0.25, -0.2) is 24.6 Å². The van der Waals surface area contributed by atoms with Crippen LogP contribution in [0.15, 0.2) is 36.4 Å². The lowest BCUT2D eigenvalue weighted by atomic mass is 9.81. The van der Waals surface area contributed by atoms with E-state index in [0.717, 1.165) is 24.7 Å². The molecule has 1 saturated heterocycles. The Bertz CT molecular complexity index is 913. The number of allylic oxidation sites excluding steroid dienone is 1. The number of carbonyl (C=O) groups excluding carboxylic acids is 2. The number of hydroxylamine groups is 1. The Labute approximate surface area is 195 Å². The zero-order valence-corrected chi connectivity index (χ0v) is 20.3. The fourth-order valence-electron chi connectivity index (χ4n) is 4.11. The van der Waals surface area contributed by atoms with Crippen LogP contribution in [0.2, 0.25) is 0 Å². The lowest BCUT2D eigenvalue weighted by molar-refractivity contribution is -0.202. The molecule has 1 fully saturated rings. The van der Waals surface area contributed by atoms with Crippen LogP contribution in [0, 0.1) is 11.8 Å². The minimum Gasteiger partial charge on any atom is -0.350 e. The van der Waals surface area contributed by atoms with E-state index in [1.807, 2.05) is 35.8 Å². The summed E-state index contributed by atoms with van der Waals surface area (Å²) in [5, 5.41) is 0. The average Bonchev–Trinajstić information content (AvgIpc) is 2.79. The smallest absolute Gasteiger partial charge is 0.256 e. The lowest BCUT2D eigenvalue weighted by Gasteiger charge is -2.37. The van der Waals surface area contributed by atoms with Crippen molar-refractivity contribution in [2.24, 2.45) is 17.7 Å². The Kier molecular flexibility index (Phi) is 10.0. The summed E-state index contributed by atoms with van der Waals surface area (Å²) in [6, 6.07) is 9.35. The van der Waals surface area contributed by atoms with E-state index in [4.69, 9.17) is 15.4 Å². The first-order valence-corrected chi connectivity index (χ1v) is 13.0. The molecule has 3 atom stereocenters. The van der Waals surface area contributed by atoms with Gasteiger partial charge >= 0.3 is 0 Å². The second kappa shape index (κ2) is 12.3. The number of hydrazine groups is 1. The zero-order chi connectivity index (χ0) is 24.5. The molecular formula is C23H35N3O6S. The van der Waals surface area contributed by atoms with Gasteiger partial charge in [-0.15, -0.1) is 0 Å². The topological polar surface area (TPSA) is 137 Å². The highest BCUT2D eigenvalue weighted by atomic mass is 32.2. The predicted octanol–water partition coefficient (Wildman–Crippen LogP) is 2.10. The molecule has 1 aromatic carbocycles. The molecule has 0 radical (unpaired) electrons. The summed E-state index contributed by atoms with van der Waals surface area (Å²) in [7, 11) is -4.09. The molecule has 1 unspecified atom stereocenters. The number of hydrogen-bond acceptors (Lipinski definition) is 7. The van der Waals surface area contributed by atoms with Crippen molar-refractivity contribution in [1.82, 2.24) is 10.9 Å². The highest BCUT2D eigenvalue weighted by Crippen LogP contribution is 2.37. The molecule has 10 heteroatoms. The normalized spacial score (nSPS) is 19.7. The van der Waals surface area contributed by atoms with E-state index in [2.05, 4.69) is 5.48 Å². The van der Waals surface area contributed by atoms with Crippen LogP contribution >= 0.6 is 0 Å². The molecule has 2 rings (SSSR count). The molecule has 33 heavy (non-hydrogen) atoms. The third kappa shape index (κ3) is 7.10. The lowest BCUT2D eigenvalue weighted by Crippen LogP contribution is -2.62. The summed E-state index contributed by atoms with van der Waals surface area (Å²) in [4.78, 5) is 31.7. The van der Waals surface area contributed by atoms with Crippen molar-refractivity contribution in [3.63, 3.8) is 0 Å². The largest absolute Gasteiger partial charge is 0.350 e. The van der Waals surface area contributed by atoms with Crippen LogP contribution in [-0.2, 0) is 29.0 Å². The highest BCUT2D eigenvalue weighted by molar-refractivity contribution is 7.93. The molecule has 1 aliphatic rings. The van der Waals surface area contributed by atoms with Crippen LogP contribution in [0.5, 0.6) is 0 Å². The average molecular weight is 482 g/mol. The monoisotopic (exact) mass is 481 g/mol. The minimum absolute atomic E-state index is 0.0250. The molecule has 184 valence electrons. The number of hydrogen-bond donors (Lipinski definition) is 3. The van der Waals surface area contributed by atoms with Crippen molar-refractivity contribution >= 4 is 27.7 Å². The molecule has 4 N–H and O–H groups in total. The van der Waals surface area contributed by atoms with E-state index in [1.54, 1.807) is 26.0 Å². The molecule has 0 saturated carbocycles. The number of nitrogens with one attached hydrogen (secondary N) is 2. The van der Waals surface area contributed by atoms with Gasteiger partial charge in [-0.1, -0.05) is 56.3 Å². The Morgan fingerprint density at radius 2 is 1.97 bits per heavy atom. The Balaban J connectivity index is 2.41. The number of carbonyl (C=O) groups is 2. The summed E-state index contributed by atoms with van der Waals surface area (Å²) in [5.41, 5.74) is 5.20. The van der Waals surface area contributed by atoms with Gasteiger partial charge in [0.1, 0.15) is 0 Å². The maximum Gasteiger partial charge on any atom is 0.256 e. The van der Waals surface area contributed by atoms with Crippen LogP contribution in [0.25, 0.3) is 6.08 Å². The fraction of sp³-hybridized carbons (Fsp3) is 0.565. The van der Waals surface area contributed by atoms with Crippen molar-refractivity contribution in [3.05, 3.63) is 42.0 Å². The van der Waals surface area contributed by atoms with Crippen molar-refractivity contribution in [1.29, 1.82) is 0 Å². The molecule has 0 aromatic heterocycles. The molecule has 0 aliphatic carbocycles. The van der Waals surface area contributed by atoms with Gasteiger partial charge in [-0.2, -0.15) is 0 Å². The summed E-state index contributed by atoms with van der Waals surface area (Å²) >= 11 is 0. The number of benzene rings is 1. The summed E-state index contributed by atoms with van der Waals surface area (Å²) in [6.07, 6.45) is 6.07. The number of amides is 2. The third-order valence-corrected chi connectivity index (χ3v) is 7.64. The standard InChI is InChI=1S/C23H35N3O6S/c1-17(2)16-23(22(28)25-24,33(3,29)30)19(13-9-12-18-10-5-4-6-11-18)21(27)26-32-20-14-7-8-15-31-20/h4-6,9-12,17,19-20H,7-8,13-16,24H2,1-3H3,(H,25,28)(H,26,27)/t19-,20?,23+/m0/s1. The van der Waals surface area contributed by atoms with Gasteiger partial charge in [-0.3, -0.25) is 15.0 Å². The quantitative estimate of drug-likeness (QED) is 0.250. The van der Waals surface area contributed by atoms with E-state index in [0.29, 0.717) is 13.0 Å². The minimum atomic E-state index is -4.09. The number of rotatable bonds is 11. The van der Waals surface area contributed by atoms with Crippen LogP contribution < -0.4 is 16.7 Å². The highest BCUT2D eigenvalue weighted by Gasteiger charge is 2.56. The fourth-order valence-corrected chi connectivity index (χ4v) is 5.86. The van der Waals surface area contributed by atoms with Crippen molar-refractivity contribution in [3.8, 4) is 0 Å². The molecular weight excluding hydrogens is 446 g/mol. The second-order valence-electron chi connectivity index (χ2n) is 8.71. The van der Waals surface area contributed by atoms with Crippen LogP contribution in [0.3, 0.4) is 0 Å². The van der Waals surface area contributed by atoms with Crippen LogP contribution in [0.1, 0.15) is 51.5 Å². The second-order valence-corrected chi connectivity index (χ2v) is 11.0. The predicted molar refractivity (Wildman–Crippen MR) is 126 cm³/mol. The van der Waals surface area contributed by atoms with E-state index in [1.165, 1.54) is 0 Å². The molecule has 0 spiro atoms. The Hall–Kier alpha value is -2.27. The van der Waals surface area contributed by atoms with Gasteiger partial charge in [-0.05, 0) is 37.2 Å². The van der Waals surface area contributed by atoms with E-state index >= 15 is 0 Å². The van der Waals surface area contributed by atoms with Gasteiger partial charge in [0.25, 0.3) is 5.91 Å². The maximum absolute atomic E-state index is 13.3. The zero-order valence-electron chi connectivity index (χ0n) is 19.5. The van der Waals surface area contributed by atoms with Gasteiger partial charge in [0.15, 0.2) is 20.9 Å². The molecule has 9 nitrogen and oxygen atoms in total. The van der Waals surface area contributed by atoms with Gasteiger partial charge in [0, 0.05) is 19.3 Å². The summed E-state index contributed by atoms with van der Waals surface area (Å²) < 4.78 is 29.6. The number of ether oxygens (including phenoxy) is 1. The first-order chi connectivity index (χ1) is 15.6. The van der Waals surface area contributed by atoms with Gasteiger partial charge in [0.05, 0.1) is 5.92 Å². The van der Waals surface area contributed by atoms with Crippen molar-refractivity contribution < 1.29 is 27.6 Å². The number of nitrogens with two attached hydrogens (primary N) is 1. The maximum atomic E-state index is 13.3. The molecule has 0 bridgehead atoms. The van der Waals surface area contributed by atoms with Gasteiger partial charge < -0.3 is 4.74 Å². The van der Waals surface area contributed by atoms with E-state index in [9.17, 15) is 18.0 Å². The van der Waals surface area contributed by atoms with Crippen molar-refractivity contribution in [2.75, 3.05) is 12.9 Å². The van der Waals surface area contributed by atoms with Gasteiger partial charge in [0.2, 0.25) is 5.91 Å². The SMILES string of the molecule is CC(C)C[C@](C(=O)NN)([C@@H](CC=Cc1ccccc1)C(=O)NOC1CCCCO1)S(C)(=O)=O. The third-order valence-electron chi connectivity index (χ3n) is 5.68. The summed E-state index contributed by atoms with van der Waals surface area (Å²) in [6.45, 7) is 4.08. The van der Waals surface area contributed by atoms with Crippen LogP contribution in [0.4, 0.5) is 0 Å². The first-order valence-electron chi connectivity index (χ1n) is 11.1. The molecule has 1 heterocycles. The molecule has 1 aliphatic heterocycles. The summed E-state index contributed by atoms with van der Waals surface area (Å²) in [5.74, 6) is 2.25. The van der Waals surface area contributed by atoms with Crippen molar-refractivity contribution in [2.45, 2.75) is 57.0 Å². The van der Waals surface area contributed by atoms with Crippen LogP contribution in [-0.4, -0.2) is 44.1 Å². The molecule has 2 amide bonds. The molecule has 1 aromatic rings. The Morgan fingerprint density at radius 3 is 2.52 bits per heavy atom. The first kappa shape index (κ1) is 27.0.